The number of amides is 2. The molecule has 2 aromatic carbocycles. The lowest BCUT2D eigenvalue weighted by molar-refractivity contribution is -0.122. The van der Waals surface area contributed by atoms with Gasteiger partial charge in [0.2, 0.25) is 5.91 Å². The van der Waals surface area contributed by atoms with Crippen molar-refractivity contribution >= 4 is 56.6 Å². The molecule has 1 heterocycles. The lowest BCUT2D eigenvalue weighted by atomic mass is 10.1. The molecule has 0 aliphatic carbocycles. The number of hydrogen-bond donors (Lipinski definition) is 2. The van der Waals surface area contributed by atoms with E-state index in [1.54, 1.807) is 47.4 Å². The van der Waals surface area contributed by atoms with Crippen LogP contribution in [0, 0.1) is 0 Å². The molecule has 0 saturated carbocycles. The van der Waals surface area contributed by atoms with Crippen molar-refractivity contribution < 1.29 is 9.59 Å². The Bertz CT molecular complexity index is 990. The zero-order valence-corrected chi connectivity index (χ0v) is 18.5. The van der Waals surface area contributed by atoms with Crippen LogP contribution in [0.2, 0.25) is 5.02 Å². The van der Waals surface area contributed by atoms with Gasteiger partial charge in [-0.2, -0.15) is 11.8 Å². The van der Waals surface area contributed by atoms with Crippen LogP contribution < -0.4 is 10.6 Å². The number of carbonyl (C=O) groups is 2. The molecule has 0 saturated heterocycles. The summed E-state index contributed by atoms with van der Waals surface area (Å²) in [5, 5.41) is 9.56. The predicted molar refractivity (Wildman–Crippen MR) is 124 cm³/mol. The first-order valence-corrected chi connectivity index (χ1v) is 12.0. The number of fused-ring (bicyclic) bond motifs is 1. The molecule has 0 spiro atoms. The topological polar surface area (TPSA) is 58.2 Å². The van der Waals surface area contributed by atoms with Crippen LogP contribution >= 0.6 is 34.7 Å². The van der Waals surface area contributed by atoms with Gasteiger partial charge in [-0.15, -0.1) is 11.3 Å². The van der Waals surface area contributed by atoms with Crippen molar-refractivity contribution in [1.29, 1.82) is 0 Å². The van der Waals surface area contributed by atoms with E-state index in [9.17, 15) is 9.59 Å². The Morgan fingerprint density at radius 2 is 1.90 bits per heavy atom. The molecule has 1 atom stereocenters. The summed E-state index contributed by atoms with van der Waals surface area (Å²) >= 11 is 9.46. The molecule has 4 nitrogen and oxygen atoms in total. The fraction of sp³-hybridized carbons (Fsp3) is 0.273. The summed E-state index contributed by atoms with van der Waals surface area (Å²) in [4.78, 5) is 25.3. The summed E-state index contributed by atoms with van der Waals surface area (Å²) < 4.78 is 1.25. The van der Waals surface area contributed by atoms with Crippen molar-refractivity contribution in [2.75, 3.05) is 18.6 Å². The largest absolute Gasteiger partial charge is 0.354 e. The van der Waals surface area contributed by atoms with Gasteiger partial charge in [0, 0.05) is 11.2 Å². The van der Waals surface area contributed by atoms with Crippen LogP contribution in [0.25, 0.3) is 10.1 Å². The van der Waals surface area contributed by atoms with Crippen LogP contribution in [0.1, 0.15) is 22.3 Å². The zero-order chi connectivity index (χ0) is 20.6. The third kappa shape index (κ3) is 5.75. The highest BCUT2D eigenvalue weighted by molar-refractivity contribution is 7.98. The lowest BCUT2D eigenvalue weighted by Gasteiger charge is -2.18. The van der Waals surface area contributed by atoms with E-state index in [1.807, 2.05) is 18.4 Å². The Hall–Kier alpha value is -2.02. The van der Waals surface area contributed by atoms with Gasteiger partial charge in [0.15, 0.2) is 0 Å². The summed E-state index contributed by atoms with van der Waals surface area (Å²) in [5.74, 6) is 0.274. The Balaban J connectivity index is 1.59. The minimum Gasteiger partial charge on any atom is -0.354 e. The van der Waals surface area contributed by atoms with Crippen LogP contribution in [0.15, 0.2) is 53.9 Å². The van der Waals surface area contributed by atoms with Crippen molar-refractivity contribution in [3.63, 3.8) is 0 Å². The third-order valence-corrected chi connectivity index (χ3v) is 6.59. The highest BCUT2D eigenvalue weighted by atomic mass is 35.5. The molecule has 0 bridgehead atoms. The monoisotopic (exact) mass is 446 g/mol. The van der Waals surface area contributed by atoms with Crippen LogP contribution in [-0.4, -0.2) is 36.4 Å². The van der Waals surface area contributed by atoms with Gasteiger partial charge < -0.3 is 10.6 Å². The molecule has 3 rings (SSSR count). The lowest BCUT2D eigenvalue weighted by Crippen LogP contribution is -2.47. The van der Waals surface area contributed by atoms with Crippen molar-refractivity contribution in [3.8, 4) is 0 Å². The van der Waals surface area contributed by atoms with Crippen molar-refractivity contribution in [2.24, 2.45) is 0 Å². The fourth-order valence-corrected chi connectivity index (χ4v) is 4.75. The molecular formula is C22H23ClN2O2S2. The third-order valence-electron chi connectivity index (χ3n) is 4.61. The van der Waals surface area contributed by atoms with E-state index in [4.69, 9.17) is 11.6 Å². The maximum atomic E-state index is 12.7. The molecule has 2 amide bonds. The van der Waals surface area contributed by atoms with Gasteiger partial charge >= 0.3 is 0 Å². The van der Waals surface area contributed by atoms with Gasteiger partial charge in [-0.3, -0.25) is 9.59 Å². The van der Waals surface area contributed by atoms with Crippen molar-refractivity contribution in [1.82, 2.24) is 10.6 Å². The predicted octanol–water partition coefficient (Wildman–Crippen LogP) is 4.77. The number of hydrogen-bond acceptors (Lipinski definition) is 4. The van der Waals surface area contributed by atoms with E-state index < -0.39 is 6.04 Å². The van der Waals surface area contributed by atoms with E-state index in [-0.39, 0.29) is 11.8 Å². The Kier molecular flexibility index (Phi) is 7.98. The quantitative estimate of drug-likeness (QED) is 0.498. The molecule has 152 valence electrons. The van der Waals surface area contributed by atoms with Crippen molar-refractivity contribution in [2.45, 2.75) is 18.9 Å². The second-order valence-electron chi connectivity index (χ2n) is 6.59. The summed E-state index contributed by atoms with van der Waals surface area (Å²) in [7, 11) is 0. The smallest absolute Gasteiger partial charge is 0.253 e. The first-order chi connectivity index (χ1) is 14.1. The molecule has 2 N–H and O–H groups in total. The van der Waals surface area contributed by atoms with Gasteiger partial charge in [-0.1, -0.05) is 41.9 Å². The first kappa shape index (κ1) is 21.7. The second kappa shape index (κ2) is 10.7. The Morgan fingerprint density at radius 3 is 2.69 bits per heavy atom. The molecule has 3 aromatic rings. The van der Waals surface area contributed by atoms with Gasteiger partial charge in [0.25, 0.3) is 5.91 Å². The number of thioether (sulfide) groups is 1. The molecule has 0 fully saturated rings. The zero-order valence-electron chi connectivity index (χ0n) is 16.1. The highest BCUT2D eigenvalue weighted by Crippen LogP contribution is 2.25. The molecule has 0 aliphatic rings. The van der Waals surface area contributed by atoms with Gasteiger partial charge in [-0.05, 0) is 59.4 Å². The van der Waals surface area contributed by atoms with Gasteiger partial charge in [0.1, 0.15) is 6.04 Å². The number of rotatable bonds is 9. The molecular weight excluding hydrogens is 424 g/mol. The summed E-state index contributed by atoms with van der Waals surface area (Å²) in [6, 6.07) is 14.5. The molecule has 1 aromatic heterocycles. The average Bonchev–Trinajstić information content (AvgIpc) is 3.14. The maximum Gasteiger partial charge on any atom is 0.253 e. The number of benzene rings is 2. The number of halogens is 1. The number of carbonyl (C=O) groups excluding carboxylic acids is 2. The van der Waals surface area contributed by atoms with Crippen LogP contribution in [0.3, 0.4) is 0 Å². The average molecular weight is 447 g/mol. The van der Waals surface area contributed by atoms with Gasteiger partial charge in [-0.25, -0.2) is 0 Å². The molecule has 0 radical (unpaired) electrons. The van der Waals surface area contributed by atoms with E-state index in [1.165, 1.54) is 15.6 Å². The minimum atomic E-state index is -0.592. The Morgan fingerprint density at radius 1 is 1.14 bits per heavy atom. The van der Waals surface area contributed by atoms with E-state index >= 15 is 0 Å². The molecule has 7 heteroatoms. The summed E-state index contributed by atoms with van der Waals surface area (Å²) in [6.45, 7) is 0.525. The Labute approximate surface area is 184 Å². The maximum absolute atomic E-state index is 12.7. The fourth-order valence-electron chi connectivity index (χ4n) is 3.06. The molecule has 1 unspecified atom stereocenters. The first-order valence-electron chi connectivity index (χ1n) is 9.37. The van der Waals surface area contributed by atoms with Crippen LogP contribution in [-0.2, 0) is 11.2 Å². The van der Waals surface area contributed by atoms with E-state index in [2.05, 4.69) is 28.1 Å². The van der Waals surface area contributed by atoms with Crippen LogP contribution in [0.4, 0.5) is 0 Å². The number of thiophene rings is 1. The summed E-state index contributed by atoms with van der Waals surface area (Å²) in [6.07, 6.45) is 3.29. The van der Waals surface area contributed by atoms with E-state index in [0.717, 1.165) is 12.2 Å². The van der Waals surface area contributed by atoms with Crippen molar-refractivity contribution in [3.05, 3.63) is 70.1 Å². The SMILES string of the molecule is CSCCC(NC(=O)c1ccccc1Cl)C(=O)NCCc1csc2ccccc12. The highest BCUT2D eigenvalue weighted by Gasteiger charge is 2.22. The van der Waals surface area contributed by atoms with Crippen LogP contribution in [0.5, 0.6) is 0 Å². The summed E-state index contributed by atoms with van der Waals surface area (Å²) in [5.41, 5.74) is 1.60. The molecule has 0 aliphatic heterocycles. The van der Waals surface area contributed by atoms with Gasteiger partial charge in [0.05, 0.1) is 10.6 Å². The normalized spacial score (nSPS) is 11.9. The second-order valence-corrected chi connectivity index (χ2v) is 8.89. The minimum absolute atomic E-state index is 0.168. The van der Waals surface area contributed by atoms with E-state index in [0.29, 0.717) is 23.6 Å². The molecule has 29 heavy (non-hydrogen) atoms. The standard InChI is InChI=1S/C22H23ClN2O2S2/c1-28-13-11-19(25-21(26)17-7-2-4-8-18(17)23)22(27)24-12-10-15-14-29-20-9-5-3-6-16(15)20/h2-9,14,19H,10-13H2,1H3,(H,24,27)(H,25,26). The number of nitrogens with one attached hydrogen (secondary N) is 2.